The maximum absolute atomic E-state index is 11.0. The second kappa shape index (κ2) is 2.97. The number of nitrogens with two attached hydrogens (primary N) is 1. The fourth-order valence-corrected chi connectivity index (χ4v) is 2.14. The highest BCUT2D eigenvalue weighted by Gasteiger charge is 2.28. The van der Waals surface area contributed by atoms with Gasteiger partial charge >= 0.3 is 0 Å². The summed E-state index contributed by atoms with van der Waals surface area (Å²) in [5, 5.41) is 3.37. The van der Waals surface area contributed by atoms with Crippen LogP contribution >= 0.6 is 11.3 Å². The number of hydrogen-bond donors (Lipinski definition) is 2. The van der Waals surface area contributed by atoms with E-state index < -0.39 is 0 Å². The third-order valence-electron chi connectivity index (χ3n) is 1.94. The van der Waals surface area contributed by atoms with Crippen LogP contribution in [0.1, 0.15) is 11.0 Å². The summed E-state index contributed by atoms with van der Waals surface area (Å²) < 4.78 is 0. The number of carbonyl (C=O) groups is 1. The molecule has 1 aliphatic rings. The zero-order valence-electron chi connectivity index (χ0n) is 7.15. The van der Waals surface area contributed by atoms with E-state index in [4.69, 9.17) is 5.73 Å². The molecule has 0 bridgehead atoms. The van der Waals surface area contributed by atoms with Gasteiger partial charge in [0.15, 0.2) is 5.13 Å². The van der Waals surface area contributed by atoms with Crippen molar-refractivity contribution in [2.45, 2.75) is 6.17 Å². The predicted octanol–water partition coefficient (Wildman–Crippen LogP) is -0.215. The largest absolute Gasteiger partial charge is 0.375 e. The smallest absolute Gasteiger partial charge is 0.235 e. The van der Waals surface area contributed by atoms with E-state index in [1.165, 1.54) is 11.3 Å². The molecule has 13 heavy (non-hydrogen) atoms. The summed E-state index contributed by atoms with van der Waals surface area (Å²) in [6, 6.07) is 0. The molecule has 2 rings (SSSR count). The van der Waals surface area contributed by atoms with Crippen molar-refractivity contribution in [1.82, 2.24) is 15.2 Å². The lowest BCUT2D eigenvalue weighted by Gasteiger charge is -2.15. The summed E-state index contributed by atoms with van der Waals surface area (Å²) in [7, 11) is 1.89. The molecule has 2 heterocycles. The number of thiazole rings is 1. The highest BCUT2D eigenvalue weighted by molar-refractivity contribution is 7.15. The minimum atomic E-state index is -0.0534. The summed E-state index contributed by atoms with van der Waals surface area (Å²) in [4.78, 5) is 17.9. The molecular weight excluding hydrogens is 188 g/mol. The van der Waals surface area contributed by atoms with Crippen molar-refractivity contribution in [3.8, 4) is 0 Å². The van der Waals surface area contributed by atoms with Crippen LogP contribution in [-0.2, 0) is 4.79 Å². The van der Waals surface area contributed by atoms with Crippen LogP contribution in [0.4, 0.5) is 5.13 Å². The van der Waals surface area contributed by atoms with E-state index >= 15 is 0 Å². The Balaban J connectivity index is 2.22. The van der Waals surface area contributed by atoms with Gasteiger partial charge in [-0.05, 0) is 7.05 Å². The number of nitrogens with one attached hydrogen (secondary N) is 1. The lowest BCUT2D eigenvalue weighted by molar-refractivity contribution is -0.118. The Morgan fingerprint density at radius 2 is 2.62 bits per heavy atom. The molecule has 0 spiro atoms. The quantitative estimate of drug-likeness (QED) is 0.654. The summed E-state index contributed by atoms with van der Waals surface area (Å²) in [6.07, 6.45) is 1.65. The van der Waals surface area contributed by atoms with Gasteiger partial charge in [0.05, 0.1) is 11.4 Å². The average molecular weight is 198 g/mol. The number of hydrogen-bond acceptors (Lipinski definition) is 5. The Labute approximate surface area is 79.6 Å². The fourth-order valence-electron chi connectivity index (χ4n) is 1.34. The molecule has 5 nitrogen and oxygen atoms in total. The highest BCUT2D eigenvalue weighted by atomic mass is 32.1. The monoisotopic (exact) mass is 198 g/mol. The number of carbonyl (C=O) groups excluding carboxylic acids is 1. The van der Waals surface area contributed by atoms with Crippen molar-refractivity contribution < 1.29 is 4.79 Å². The van der Waals surface area contributed by atoms with Crippen molar-refractivity contribution in [3.63, 3.8) is 0 Å². The van der Waals surface area contributed by atoms with Gasteiger partial charge < -0.3 is 11.1 Å². The summed E-state index contributed by atoms with van der Waals surface area (Å²) in [5.41, 5.74) is 5.50. The molecule has 1 aromatic heterocycles. The van der Waals surface area contributed by atoms with Crippen molar-refractivity contribution in [1.29, 1.82) is 0 Å². The number of aromatic nitrogens is 1. The first-order valence-corrected chi connectivity index (χ1v) is 4.69. The molecule has 1 saturated heterocycles. The van der Waals surface area contributed by atoms with Crippen molar-refractivity contribution >= 4 is 22.4 Å². The number of rotatable bonds is 1. The van der Waals surface area contributed by atoms with Crippen LogP contribution in [0.25, 0.3) is 0 Å². The summed E-state index contributed by atoms with van der Waals surface area (Å²) >= 11 is 1.40. The molecule has 1 aromatic rings. The maximum atomic E-state index is 11.0. The van der Waals surface area contributed by atoms with Crippen molar-refractivity contribution in [2.24, 2.45) is 0 Å². The number of nitrogens with zero attached hydrogens (tertiary/aromatic N) is 2. The second-order valence-electron chi connectivity index (χ2n) is 2.99. The summed E-state index contributed by atoms with van der Waals surface area (Å²) in [6.45, 7) is 0.433. The molecular formula is C7H10N4OS. The lowest BCUT2D eigenvalue weighted by Crippen LogP contribution is -2.23. The van der Waals surface area contributed by atoms with Crippen LogP contribution in [0, 0.1) is 0 Å². The molecule has 1 aliphatic heterocycles. The van der Waals surface area contributed by atoms with Gasteiger partial charge in [-0.1, -0.05) is 11.3 Å². The van der Waals surface area contributed by atoms with Crippen LogP contribution in [0.2, 0.25) is 0 Å². The van der Waals surface area contributed by atoms with Gasteiger partial charge in [-0.3, -0.25) is 9.69 Å². The molecule has 1 fully saturated rings. The van der Waals surface area contributed by atoms with E-state index in [0.29, 0.717) is 11.7 Å². The third kappa shape index (κ3) is 1.50. The molecule has 0 saturated carbocycles. The summed E-state index contributed by atoms with van der Waals surface area (Å²) in [5.74, 6) is 0.0412. The van der Waals surface area contributed by atoms with Crippen LogP contribution < -0.4 is 11.1 Å². The first kappa shape index (κ1) is 8.46. The van der Waals surface area contributed by atoms with Crippen LogP contribution in [0.15, 0.2) is 6.20 Å². The Morgan fingerprint density at radius 3 is 3.08 bits per heavy atom. The Hall–Kier alpha value is -1.14. The lowest BCUT2D eigenvalue weighted by atomic mass is 10.4. The molecule has 0 aliphatic carbocycles. The average Bonchev–Trinajstić information content (AvgIpc) is 2.58. The molecule has 1 amide bonds. The van der Waals surface area contributed by atoms with Gasteiger partial charge in [0.1, 0.15) is 6.17 Å². The van der Waals surface area contributed by atoms with E-state index in [2.05, 4.69) is 10.3 Å². The zero-order valence-corrected chi connectivity index (χ0v) is 7.97. The topological polar surface area (TPSA) is 71.2 Å². The van der Waals surface area contributed by atoms with Crippen LogP contribution in [-0.4, -0.2) is 29.4 Å². The van der Waals surface area contributed by atoms with Gasteiger partial charge in [-0.25, -0.2) is 4.98 Å². The van der Waals surface area contributed by atoms with E-state index in [1.54, 1.807) is 6.20 Å². The van der Waals surface area contributed by atoms with Crippen molar-refractivity contribution in [3.05, 3.63) is 11.1 Å². The standard InChI is InChI=1S/C7H10N4OS/c1-11-3-5(12)10-6(11)4-2-9-7(8)13-4/h2,6H,3H2,1H3,(H2,8,9)(H,10,12). The molecule has 3 N–H and O–H groups in total. The fraction of sp³-hybridized carbons (Fsp3) is 0.429. The van der Waals surface area contributed by atoms with E-state index in [0.717, 1.165) is 4.88 Å². The Morgan fingerprint density at radius 1 is 1.85 bits per heavy atom. The van der Waals surface area contributed by atoms with E-state index in [1.807, 2.05) is 11.9 Å². The highest BCUT2D eigenvalue weighted by Crippen LogP contribution is 2.26. The van der Waals surface area contributed by atoms with E-state index in [-0.39, 0.29) is 12.1 Å². The molecule has 6 heteroatoms. The van der Waals surface area contributed by atoms with Crippen LogP contribution in [0.5, 0.6) is 0 Å². The van der Waals surface area contributed by atoms with Crippen LogP contribution in [0.3, 0.4) is 0 Å². The van der Waals surface area contributed by atoms with Gasteiger partial charge in [0.25, 0.3) is 0 Å². The number of anilines is 1. The molecule has 1 unspecified atom stereocenters. The Bertz CT molecular complexity index is 337. The number of amides is 1. The van der Waals surface area contributed by atoms with Gasteiger partial charge in [-0.2, -0.15) is 0 Å². The molecule has 0 radical (unpaired) electrons. The number of likely N-dealkylation sites (N-methyl/N-ethyl adjacent to an activating group) is 1. The molecule has 0 aromatic carbocycles. The Kier molecular flexibility index (Phi) is 1.93. The SMILES string of the molecule is CN1CC(=O)NC1c1cnc(N)s1. The van der Waals surface area contributed by atoms with Crippen molar-refractivity contribution in [2.75, 3.05) is 19.3 Å². The number of nitrogen functional groups attached to an aromatic ring is 1. The second-order valence-corrected chi connectivity index (χ2v) is 4.08. The van der Waals surface area contributed by atoms with E-state index in [9.17, 15) is 4.79 Å². The maximum Gasteiger partial charge on any atom is 0.235 e. The minimum Gasteiger partial charge on any atom is -0.375 e. The molecule has 70 valence electrons. The normalized spacial score (nSPS) is 23.5. The zero-order chi connectivity index (χ0) is 9.42. The predicted molar refractivity (Wildman–Crippen MR) is 50.0 cm³/mol. The third-order valence-corrected chi connectivity index (χ3v) is 2.82. The van der Waals surface area contributed by atoms with Gasteiger partial charge in [0, 0.05) is 6.20 Å². The van der Waals surface area contributed by atoms with Gasteiger partial charge in [-0.15, -0.1) is 0 Å². The first-order chi connectivity index (χ1) is 6.16. The molecule has 1 atom stereocenters. The first-order valence-electron chi connectivity index (χ1n) is 3.87. The van der Waals surface area contributed by atoms with Gasteiger partial charge in [0.2, 0.25) is 5.91 Å². The minimum absolute atomic E-state index is 0.0412.